The molecule has 0 unspecified atom stereocenters. The van der Waals surface area contributed by atoms with Gasteiger partial charge in [-0.3, -0.25) is 9.67 Å². The zero-order chi connectivity index (χ0) is 15.5. The Bertz CT molecular complexity index is 809. The quantitative estimate of drug-likeness (QED) is 0.535. The molecule has 3 rings (SSSR count). The van der Waals surface area contributed by atoms with Gasteiger partial charge in [0.05, 0.1) is 11.7 Å². The molecule has 6 nitrogen and oxygen atoms in total. The third-order valence-corrected chi connectivity index (χ3v) is 3.04. The van der Waals surface area contributed by atoms with Crippen molar-refractivity contribution in [2.45, 2.75) is 26.3 Å². The van der Waals surface area contributed by atoms with Crippen LogP contribution in [0.5, 0.6) is 0 Å². The molecule has 3 aromatic heterocycles. The van der Waals surface area contributed by atoms with Crippen LogP contribution >= 0.6 is 0 Å². The molecule has 0 radical (unpaired) electrons. The highest BCUT2D eigenvalue weighted by Gasteiger charge is 2.09. The number of allylic oxidation sites excluding steroid dienone is 2. The monoisotopic (exact) mass is 308 g/mol. The highest BCUT2D eigenvalue weighted by atomic mass is 19.3. The lowest BCUT2D eigenvalue weighted by atomic mass is 10.3. The first-order valence-corrected chi connectivity index (χ1v) is 6.66. The lowest BCUT2D eigenvalue weighted by Crippen LogP contribution is -2.02. The van der Waals surface area contributed by atoms with E-state index in [4.69, 9.17) is 4.42 Å². The van der Waals surface area contributed by atoms with Crippen LogP contribution in [0.4, 0.5) is 8.78 Å². The summed E-state index contributed by atoms with van der Waals surface area (Å²) in [5, 5.41) is 11.9. The van der Waals surface area contributed by atoms with Crippen LogP contribution in [0.1, 0.15) is 17.3 Å². The minimum Gasteiger partial charge on any atom is -0.424 e. The average Bonchev–Trinajstić information content (AvgIpc) is 3.06. The van der Waals surface area contributed by atoms with E-state index >= 15 is 0 Å². The summed E-state index contributed by atoms with van der Waals surface area (Å²) in [5.74, 6) is 0.938. The van der Waals surface area contributed by atoms with Crippen LogP contribution in [-0.4, -0.2) is 31.4 Å². The topological polar surface area (TPSA) is 69.6 Å². The summed E-state index contributed by atoms with van der Waals surface area (Å²) in [7, 11) is 0. The second kappa shape index (κ2) is 6.00. The first kappa shape index (κ1) is 14.3. The molecule has 0 N–H and O–H groups in total. The molecule has 0 amide bonds. The molecule has 0 aliphatic carbocycles. The van der Waals surface area contributed by atoms with Crippen LogP contribution < -0.4 is 0 Å². The molecule has 8 heteroatoms. The van der Waals surface area contributed by atoms with E-state index < -0.39 is 6.43 Å². The van der Waals surface area contributed by atoms with E-state index in [1.54, 1.807) is 24.0 Å². The van der Waals surface area contributed by atoms with Gasteiger partial charge in [-0.2, -0.15) is 5.10 Å². The van der Waals surface area contributed by atoms with Crippen LogP contribution in [0.25, 0.3) is 11.0 Å². The molecule has 22 heavy (non-hydrogen) atoms. The number of alkyl halides is 2. The normalized spacial score (nSPS) is 12.0. The van der Waals surface area contributed by atoms with Gasteiger partial charge in [-0.15, -0.1) is 10.2 Å². The number of rotatable bonds is 5. The number of hydrogen-bond donors (Lipinski definition) is 0. The predicted molar refractivity (Wildman–Crippen MR) is 74.5 cm³/mol. The number of fused-ring (bicyclic) bond motifs is 1. The van der Waals surface area contributed by atoms with Gasteiger partial charge in [0.2, 0.25) is 11.8 Å². The standard InChI is InChI=1S/C14H13F2N5O/c1-9-19-20-14(22-9)8-21-12-5-10(3-2-4-13(15)16)6-17-11(12)7-18-21/h2,4-7,13H,3,8H2,1H3/b4-2+/i2+1,3+1,4+1. The van der Waals surface area contributed by atoms with Crippen molar-refractivity contribution < 1.29 is 13.2 Å². The third-order valence-electron chi connectivity index (χ3n) is 3.04. The smallest absolute Gasteiger partial charge is 0.257 e. The number of halogens is 2. The first-order chi connectivity index (χ1) is 10.6. The van der Waals surface area contributed by atoms with Crippen LogP contribution in [-0.2, 0) is 13.0 Å². The van der Waals surface area contributed by atoms with Crippen molar-refractivity contribution in [3.8, 4) is 0 Å². The van der Waals surface area contributed by atoms with E-state index in [1.807, 2.05) is 6.07 Å². The maximum absolute atomic E-state index is 12.1. The maximum Gasteiger partial charge on any atom is 0.257 e. The van der Waals surface area contributed by atoms with Gasteiger partial charge in [0, 0.05) is 13.1 Å². The summed E-state index contributed by atoms with van der Waals surface area (Å²) in [5.41, 5.74) is 2.34. The van der Waals surface area contributed by atoms with Crippen molar-refractivity contribution in [3.63, 3.8) is 0 Å². The molecule has 0 saturated carbocycles. The number of hydrogen-bond acceptors (Lipinski definition) is 5. The molecule has 3 aromatic rings. The lowest BCUT2D eigenvalue weighted by molar-refractivity contribution is 0.204. The van der Waals surface area contributed by atoms with E-state index in [9.17, 15) is 8.78 Å². The largest absolute Gasteiger partial charge is 0.424 e. The van der Waals surface area contributed by atoms with Gasteiger partial charge in [0.1, 0.15) is 12.1 Å². The summed E-state index contributed by atoms with van der Waals surface area (Å²) < 4.78 is 31.2. The van der Waals surface area contributed by atoms with Crippen molar-refractivity contribution in [1.29, 1.82) is 0 Å². The fourth-order valence-electron chi connectivity index (χ4n) is 2.07. The Morgan fingerprint density at radius 3 is 2.91 bits per heavy atom. The molecule has 0 aliphatic heterocycles. The number of aryl methyl sites for hydroxylation is 1. The summed E-state index contributed by atoms with van der Waals surface area (Å²) in [6.45, 7) is 2.05. The Morgan fingerprint density at radius 1 is 1.32 bits per heavy atom. The summed E-state index contributed by atoms with van der Waals surface area (Å²) >= 11 is 0. The van der Waals surface area contributed by atoms with Crippen LogP contribution in [0.15, 0.2) is 35.0 Å². The molecule has 0 aliphatic rings. The van der Waals surface area contributed by atoms with Crippen molar-refractivity contribution in [1.82, 2.24) is 25.0 Å². The fourth-order valence-corrected chi connectivity index (χ4v) is 2.07. The molecular formula is C14H13F2N5O. The van der Waals surface area contributed by atoms with Gasteiger partial charge in [-0.1, -0.05) is 6.08 Å². The minimum absolute atomic E-state index is 0.336. The van der Waals surface area contributed by atoms with Gasteiger partial charge >= 0.3 is 0 Å². The Morgan fingerprint density at radius 2 is 2.18 bits per heavy atom. The van der Waals surface area contributed by atoms with Gasteiger partial charge in [-0.25, -0.2) is 8.78 Å². The van der Waals surface area contributed by atoms with E-state index in [1.165, 1.54) is 6.08 Å². The van der Waals surface area contributed by atoms with Crippen LogP contribution in [0.2, 0.25) is 0 Å². The van der Waals surface area contributed by atoms with Crippen molar-refractivity contribution >= 4 is 11.0 Å². The number of nitrogens with zero attached hydrogens (tertiary/aromatic N) is 5. The van der Waals surface area contributed by atoms with Gasteiger partial charge in [-0.05, 0) is 24.1 Å². The second-order valence-corrected chi connectivity index (χ2v) is 4.73. The zero-order valence-corrected chi connectivity index (χ0v) is 11.8. The molecule has 0 fully saturated rings. The first-order valence-electron chi connectivity index (χ1n) is 6.66. The molecule has 0 spiro atoms. The highest BCUT2D eigenvalue weighted by Crippen LogP contribution is 2.15. The fraction of sp³-hybridized carbons (Fsp3) is 0.286. The van der Waals surface area contributed by atoms with Gasteiger partial charge in [0.25, 0.3) is 6.43 Å². The maximum atomic E-state index is 12.1. The molecule has 0 atom stereocenters. The van der Waals surface area contributed by atoms with E-state index in [2.05, 4.69) is 20.3 Å². The van der Waals surface area contributed by atoms with Crippen LogP contribution in [0.3, 0.4) is 0 Å². The van der Waals surface area contributed by atoms with Gasteiger partial charge in [0.15, 0.2) is 0 Å². The number of pyridine rings is 1. The summed E-state index contributed by atoms with van der Waals surface area (Å²) in [6, 6.07) is 1.87. The molecule has 0 saturated heterocycles. The molecule has 114 valence electrons. The van der Waals surface area contributed by atoms with Crippen molar-refractivity contribution in [2.24, 2.45) is 0 Å². The highest BCUT2D eigenvalue weighted by molar-refractivity contribution is 5.74. The Hall–Kier alpha value is -2.64. The Kier molecular flexibility index (Phi) is 3.90. The van der Waals surface area contributed by atoms with E-state index in [-0.39, 0.29) is 0 Å². The zero-order valence-electron chi connectivity index (χ0n) is 11.8. The van der Waals surface area contributed by atoms with E-state index in [0.29, 0.717) is 24.7 Å². The molecular weight excluding hydrogens is 295 g/mol. The minimum atomic E-state index is -2.44. The van der Waals surface area contributed by atoms with Gasteiger partial charge < -0.3 is 4.42 Å². The summed E-state index contributed by atoms with van der Waals surface area (Å²) in [4.78, 5) is 4.28. The van der Waals surface area contributed by atoms with Crippen LogP contribution in [0, 0.1) is 6.92 Å². The van der Waals surface area contributed by atoms with E-state index in [0.717, 1.165) is 22.7 Å². The SMILES string of the molecule is Cc1nnc(Cn2ncc3ncc([13CH2]/[13CH]=[13CH]/C(F)F)cc32)o1. The molecule has 3 heterocycles. The third kappa shape index (κ3) is 3.16. The van der Waals surface area contributed by atoms with Crippen molar-refractivity contribution in [2.75, 3.05) is 0 Å². The summed E-state index contributed by atoms with van der Waals surface area (Å²) in [6.07, 6.45) is 3.53. The predicted octanol–water partition coefficient (Wildman–Crippen LogP) is 2.53. The second-order valence-electron chi connectivity index (χ2n) is 4.73. The lowest BCUT2D eigenvalue weighted by Gasteiger charge is -2.01. The number of aromatic nitrogens is 5. The Balaban J connectivity index is 1.85. The Labute approximate surface area is 124 Å². The average molecular weight is 308 g/mol. The molecule has 0 aromatic carbocycles. The molecule has 0 bridgehead atoms. The van der Waals surface area contributed by atoms with Crippen molar-refractivity contribution in [3.05, 3.63) is 48.0 Å².